The molecule has 3 saturated heterocycles. The SMILES string of the molecule is O=C(CCCC[C@H]1SCC2NC(=O)NC21)NCCOCCOCCOCCN1CC(C2(NC(=O)COC3CCC(Cl)CC3)CCC(NC(=O)COC3CCC(Cl)CC3)CC2)NN1. The van der Waals surface area contributed by atoms with Crippen LogP contribution < -0.4 is 37.5 Å². The molecular formula is C42H72Cl2N8O9S. The number of fused-ring (bicyclic) bond motifs is 1. The lowest BCUT2D eigenvalue weighted by molar-refractivity contribution is -0.132. The van der Waals surface area contributed by atoms with Crippen LogP contribution in [-0.4, -0.2) is 165 Å². The van der Waals surface area contributed by atoms with Crippen molar-refractivity contribution in [3.63, 3.8) is 0 Å². The van der Waals surface area contributed by atoms with Gasteiger partial charge in [-0.2, -0.15) is 17.3 Å². The van der Waals surface area contributed by atoms with E-state index in [0.29, 0.717) is 83.8 Å². The molecule has 0 aromatic rings. The maximum absolute atomic E-state index is 13.4. The number of nitrogens with zero attached hydrogens (tertiary/aromatic N) is 1. The molecular weight excluding hydrogens is 863 g/mol. The van der Waals surface area contributed by atoms with Crippen molar-refractivity contribution in [1.29, 1.82) is 0 Å². The zero-order valence-corrected chi connectivity index (χ0v) is 38.6. The number of hydrazine groups is 2. The minimum absolute atomic E-state index is 0.0103. The molecule has 3 unspecified atom stereocenters. The Morgan fingerprint density at radius 2 is 1.39 bits per heavy atom. The van der Waals surface area contributed by atoms with Gasteiger partial charge in [0.1, 0.15) is 13.2 Å². The van der Waals surface area contributed by atoms with Crippen molar-refractivity contribution in [3.05, 3.63) is 0 Å². The molecule has 0 aromatic heterocycles. The van der Waals surface area contributed by atoms with E-state index in [9.17, 15) is 19.2 Å². The molecule has 4 atom stereocenters. The number of urea groups is 1. The molecule has 6 fully saturated rings. The van der Waals surface area contributed by atoms with Crippen LogP contribution in [0.15, 0.2) is 0 Å². The first-order valence-corrected chi connectivity index (χ1v) is 25.1. The van der Waals surface area contributed by atoms with Crippen molar-refractivity contribution >= 4 is 58.7 Å². The van der Waals surface area contributed by atoms with Gasteiger partial charge in [0.05, 0.1) is 75.5 Å². The third-order valence-corrected chi connectivity index (χ3v) is 15.5. The standard InChI is InChI=1S/C42H72Cl2N8O9S/c43-29-5-9-32(10-6-29)60-26-38(54)46-31-13-15-42(16-14-31,49-39(55)27-61-33-11-7-30(44)8-12-33)36-25-52(51-50-36)18-20-58-22-24-59-23-21-57-19-17-45-37(53)4-2-1-3-35-40-34(28-62-35)47-41(56)48-40/h29-36,40,50-51H,1-28H2,(H,45,53)(H,46,54)(H,49,55)(H2,47,48,56)/t29?,30?,31?,32?,33?,34?,35-,36?,40?,42?/m1/s1. The highest BCUT2D eigenvalue weighted by atomic mass is 35.5. The van der Waals surface area contributed by atoms with E-state index in [2.05, 4.69) is 42.6 Å². The Kier molecular flexibility index (Phi) is 21.2. The summed E-state index contributed by atoms with van der Waals surface area (Å²) in [5.74, 6) is 0.757. The van der Waals surface area contributed by atoms with E-state index in [1.807, 2.05) is 11.8 Å². The Bertz CT molecular complexity index is 1390. The number of unbranched alkanes of at least 4 members (excludes halogenated alkanes) is 1. The second-order valence-electron chi connectivity index (χ2n) is 17.7. The van der Waals surface area contributed by atoms with Crippen molar-refractivity contribution < 1.29 is 42.9 Å². The average Bonchev–Trinajstić information content (AvgIpc) is 4.00. The number of hydrogen-bond donors (Lipinski definition) is 7. The molecule has 3 heterocycles. The summed E-state index contributed by atoms with van der Waals surface area (Å²) in [5.41, 5.74) is 6.19. The van der Waals surface area contributed by atoms with Crippen LogP contribution in [0.3, 0.4) is 0 Å². The van der Waals surface area contributed by atoms with Gasteiger partial charge in [-0.15, -0.1) is 23.2 Å². The number of nitrogens with one attached hydrogen (secondary N) is 7. The lowest BCUT2D eigenvalue weighted by Gasteiger charge is -2.44. The van der Waals surface area contributed by atoms with E-state index in [4.69, 9.17) is 46.9 Å². The quantitative estimate of drug-likeness (QED) is 0.0380. The Morgan fingerprint density at radius 3 is 2.06 bits per heavy atom. The third kappa shape index (κ3) is 16.6. The predicted octanol–water partition coefficient (Wildman–Crippen LogP) is 2.62. The van der Waals surface area contributed by atoms with Crippen molar-refractivity contribution in [2.45, 2.75) is 161 Å². The highest BCUT2D eigenvalue weighted by Gasteiger charge is 2.46. The number of thioether (sulfide) groups is 1. The van der Waals surface area contributed by atoms with Gasteiger partial charge in [0.25, 0.3) is 0 Å². The number of hydrogen-bond acceptors (Lipinski definition) is 13. The number of alkyl halides is 2. The van der Waals surface area contributed by atoms with E-state index in [0.717, 1.165) is 89.2 Å². The molecule has 5 amide bonds. The first-order valence-electron chi connectivity index (χ1n) is 23.2. The Morgan fingerprint density at radius 1 is 0.758 bits per heavy atom. The van der Waals surface area contributed by atoms with Crippen LogP contribution in [0.1, 0.15) is 103 Å². The molecule has 6 rings (SSSR count). The number of carbonyl (C=O) groups excluding carboxylic acids is 4. The molecule has 17 nitrogen and oxygen atoms in total. The smallest absolute Gasteiger partial charge is 0.315 e. The molecule has 354 valence electrons. The van der Waals surface area contributed by atoms with E-state index >= 15 is 0 Å². The molecule has 0 radical (unpaired) electrons. The summed E-state index contributed by atoms with van der Waals surface area (Å²) in [6, 6.07) is 0.319. The summed E-state index contributed by atoms with van der Waals surface area (Å²) in [6.45, 7) is 4.52. The second kappa shape index (κ2) is 26.4. The van der Waals surface area contributed by atoms with E-state index in [-0.39, 0.29) is 84.1 Å². The van der Waals surface area contributed by atoms with Gasteiger partial charge in [-0.1, -0.05) is 6.42 Å². The number of carbonyl (C=O) groups is 4. The number of rotatable bonds is 26. The van der Waals surface area contributed by atoms with Gasteiger partial charge in [-0.25, -0.2) is 15.2 Å². The fraction of sp³-hybridized carbons (Fsp3) is 0.905. The lowest BCUT2D eigenvalue weighted by Crippen LogP contribution is -2.64. The molecule has 0 aromatic carbocycles. The number of halogens is 2. The van der Waals surface area contributed by atoms with Crippen LogP contribution in [0.4, 0.5) is 4.79 Å². The average molecular weight is 936 g/mol. The molecule has 6 aliphatic rings. The largest absolute Gasteiger partial charge is 0.378 e. The Labute approximate surface area is 381 Å². The zero-order valence-electron chi connectivity index (χ0n) is 36.3. The molecule has 7 N–H and O–H groups in total. The third-order valence-electron chi connectivity index (χ3n) is 13.1. The minimum atomic E-state index is -0.523. The van der Waals surface area contributed by atoms with Crippen LogP contribution in [-0.2, 0) is 38.1 Å². The molecule has 3 aliphatic heterocycles. The van der Waals surface area contributed by atoms with Gasteiger partial charge in [0, 0.05) is 53.9 Å². The number of amides is 5. The molecule has 3 saturated carbocycles. The first kappa shape index (κ1) is 49.7. The van der Waals surface area contributed by atoms with E-state index < -0.39 is 5.54 Å². The highest BCUT2D eigenvalue weighted by Crippen LogP contribution is 2.35. The van der Waals surface area contributed by atoms with Gasteiger partial charge >= 0.3 is 6.03 Å². The molecule has 0 bridgehead atoms. The summed E-state index contributed by atoms with van der Waals surface area (Å²) in [7, 11) is 0. The van der Waals surface area contributed by atoms with Gasteiger partial charge < -0.3 is 50.3 Å². The van der Waals surface area contributed by atoms with Crippen molar-refractivity contribution in [2.75, 3.05) is 78.2 Å². The topological polar surface area (TPSA) is 202 Å². The van der Waals surface area contributed by atoms with Crippen LogP contribution >= 0.6 is 35.0 Å². The highest BCUT2D eigenvalue weighted by molar-refractivity contribution is 8.00. The van der Waals surface area contributed by atoms with Gasteiger partial charge in [-0.3, -0.25) is 14.4 Å². The van der Waals surface area contributed by atoms with Crippen molar-refractivity contribution in [3.8, 4) is 0 Å². The predicted molar refractivity (Wildman–Crippen MR) is 238 cm³/mol. The van der Waals surface area contributed by atoms with Crippen LogP contribution in [0.25, 0.3) is 0 Å². The summed E-state index contributed by atoms with van der Waals surface area (Å²) >= 11 is 14.4. The second-order valence-corrected chi connectivity index (χ2v) is 20.2. The fourth-order valence-corrected chi connectivity index (χ4v) is 11.5. The van der Waals surface area contributed by atoms with Gasteiger partial charge in [-0.05, 0) is 89.9 Å². The monoisotopic (exact) mass is 934 g/mol. The minimum Gasteiger partial charge on any atom is -0.378 e. The van der Waals surface area contributed by atoms with Crippen LogP contribution in [0, 0.1) is 0 Å². The number of ether oxygens (including phenoxy) is 5. The van der Waals surface area contributed by atoms with Crippen LogP contribution in [0.5, 0.6) is 0 Å². The van der Waals surface area contributed by atoms with Gasteiger partial charge in [0.2, 0.25) is 17.7 Å². The van der Waals surface area contributed by atoms with Crippen molar-refractivity contribution in [2.24, 2.45) is 0 Å². The molecule has 20 heteroatoms. The van der Waals surface area contributed by atoms with E-state index in [1.54, 1.807) is 0 Å². The summed E-state index contributed by atoms with van der Waals surface area (Å²) < 4.78 is 29.0. The summed E-state index contributed by atoms with van der Waals surface area (Å²) in [6.07, 6.45) is 13.4. The van der Waals surface area contributed by atoms with Crippen LogP contribution in [0.2, 0.25) is 0 Å². The lowest BCUT2D eigenvalue weighted by atomic mass is 9.74. The Balaban J connectivity index is 0.796. The fourth-order valence-electron chi connectivity index (χ4n) is 9.47. The molecule has 0 spiro atoms. The molecule has 3 aliphatic carbocycles. The first-order chi connectivity index (χ1) is 30.1. The molecule has 62 heavy (non-hydrogen) atoms. The summed E-state index contributed by atoms with van der Waals surface area (Å²) in [4.78, 5) is 50.0. The van der Waals surface area contributed by atoms with E-state index in [1.165, 1.54) is 0 Å². The van der Waals surface area contributed by atoms with Gasteiger partial charge in [0.15, 0.2) is 0 Å². The van der Waals surface area contributed by atoms with Crippen molar-refractivity contribution in [1.82, 2.24) is 42.6 Å². The maximum Gasteiger partial charge on any atom is 0.315 e. The Hall–Kier alpha value is -1.71. The normalized spacial score (nSPS) is 32.5. The maximum atomic E-state index is 13.4. The summed E-state index contributed by atoms with van der Waals surface area (Å²) in [5, 5.41) is 18.3. The zero-order chi connectivity index (χ0) is 43.6.